The number of allylic oxidation sites excluding steroid dienone is 1. The highest BCUT2D eigenvalue weighted by atomic mass is 16.5. The molecule has 0 bridgehead atoms. The van der Waals surface area contributed by atoms with Crippen LogP contribution in [0.1, 0.15) is 195 Å². The van der Waals surface area contributed by atoms with E-state index in [2.05, 4.69) is 68.8 Å². The molecule has 13 amide bonds. The summed E-state index contributed by atoms with van der Waals surface area (Å²) in [6, 6.07) is -9.23. The van der Waals surface area contributed by atoms with E-state index in [9.17, 15) is 62.6 Å². The zero-order valence-electron chi connectivity index (χ0n) is 66.7. The average Bonchev–Trinajstić information content (AvgIpc) is 1.58. The lowest BCUT2D eigenvalue weighted by Gasteiger charge is -2.33. The molecule has 1 aromatic heterocycles. The summed E-state index contributed by atoms with van der Waals surface area (Å²) >= 11 is 0. The van der Waals surface area contributed by atoms with Crippen LogP contribution in [0.3, 0.4) is 0 Å². The monoisotopic (exact) mass is 1520 g/mol. The molecule has 31 heteroatoms. The maximum atomic E-state index is 15.1. The fourth-order valence-corrected chi connectivity index (χ4v) is 12.8. The second kappa shape index (κ2) is 43.3. The van der Waals surface area contributed by atoms with E-state index in [1.54, 1.807) is 103 Å². The first kappa shape index (κ1) is 91.4. The number of aliphatic hydroxyl groups is 1. The van der Waals surface area contributed by atoms with Gasteiger partial charge in [0.25, 0.3) is 5.91 Å². The zero-order valence-corrected chi connectivity index (χ0v) is 66.7. The van der Waals surface area contributed by atoms with Gasteiger partial charge < -0.3 is 89.3 Å². The number of aromatic nitrogens is 1. The molecule has 2 aliphatic rings. The summed E-state index contributed by atoms with van der Waals surface area (Å²) in [6.07, 6.45) is 2.65. The molecule has 16 atom stereocenters. The second-order valence-electron chi connectivity index (χ2n) is 31.1. The summed E-state index contributed by atoms with van der Waals surface area (Å²) in [5, 5.41) is 44.1. The maximum Gasteiger partial charge on any atom is 0.329 e. The van der Waals surface area contributed by atoms with Gasteiger partial charge in [-0.15, -0.1) is 0 Å². The number of nitrogens with one attached hydrogen (secondary N) is 13. The van der Waals surface area contributed by atoms with Crippen LogP contribution in [-0.2, 0) is 78.3 Å². The molecule has 0 spiro atoms. The van der Waals surface area contributed by atoms with Crippen LogP contribution < -0.4 is 69.5 Å². The molecule has 1 aromatic carbocycles. The van der Waals surface area contributed by atoms with Crippen molar-refractivity contribution in [2.24, 2.45) is 53.1 Å². The number of fused-ring (bicyclic) bond motifs is 1. The number of para-hydroxylation sites is 1. The van der Waals surface area contributed by atoms with Crippen LogP contribution in [-0.4, -0.2) is 196 Å². The van der Waals surface area contributed by atoms with Gasteiger partial charge in [0.15, 0.2) is 0 Å². The lowest BCUT2D eigenvalue weighted by molar-refractivity contribution is -0.157. The Kier molecular flexibility index (Phi) is 36.6. The summed E-state index contributed by atoms with van der Waals surface area (Å²) in [5.74, 6) is -15.2. The first-order chi connectivity index (χ1) is 50.7. The molecule has 31 nitrogen and oxygen atoms in total. The minimum absolute atomic E-state index is 0.0545. The maximum absolute atomic E-state index is 15.1. The number of rotatable bonds is 33. The number of H-pyrrole nitrogens is 1. The minimum Gasteiger partial charge on any atom is -0.458 e. The van der Waals surface area contributed by atoms with Crippen molar-refractivity contribution in [3.05, 3.63) is 47.8 Å². The first-order valence-corrected chi connectivity index (χ1v) is 38.5. The van der Waals surface area contributed by atoms with Crippen LogP contribution >= 0.6 is 0 Å². The second-order valence-corrected chi connectivity index (χ2v) is 31.1. The van der Waals surface area contributed by atoms with Crippen molar-refractivity contribution in [1.82, 2.24) is 73.7 Å². The molecule has 3 heterocycles. The van der Waals surface area contributed by atoms with Gasteiger partial charge in [-0.05, 0) is 118 Å². The van der Waals surface area contributed by atoms with Gasteiger partial charge in [0.2, 0.25) is 70.9 Å². The topological polar surface area (TPSA) is 458 Å². The van der Waals surface area contributed by atoms with E-state index in [1.165, 1.54) is 31.7 Å². The molecule has 2 aromatic rings. The van der Waals surface area contributed by atoms with Crippen LogP contribution in [0, 0.1) is 47.3 Å². The van der Waals surface area contributed by atoms with Crippen LogP contribution in [0.15, 0.2) is 42.2 Å². The largest absolute Gasteiger partial charge is 0.458 e. The van der Waals surface area contributed by atoms with Gasteiger partial charge in [0.1, 0.15) is 84.3 Å². The molecule has 0 radical (unpaired) electrons. The number of hydrogen-bond acceptors (Lipinski definition) is 17. The molecule has 604 valence electrons. The van der Waals surface area contributed by atoms with E-state index >= 15 is 9.59 Å². The summed E-state index contributed by atoms with van der Waals surface area (Å²) in [6.45, 7) is 31.8. The highest BCUT2D eigenvalue weighted by Gasteiger charge is 2.45. The van der Waals surface area contributed by atoms with Gasteiger partial charge in [-0.1, -0.05) is 154 Å². The van der Waals surface area contributed by atoms with Crippen molar-refractivity contribution in [3.8, 4) is 0 Å². The molecule has 4 rings (SSSR count). The number of likely N-dealkylation sites (tertiary alicyclic amines) is 1. The SMILES string of the molecule is C/C=C1\NC(=O)[C@H](Cc2c[nH]c3ccccc23)NC(=O)[C@@H](C(C)C)NC(=O)[C@@H]([C@H](C)CC)NC(=O)[C@H](NC(=O)[C@H](NC(=O)[C@H](CCCN)NC(=O)[C@H]2CCCN2C(=O)[C@H](NC(=O)[C@@H](NC(=O)[C@@H](NC(=O)[C@H](NC(=O)CCCC(C)C)C(C)C)[C@@H](C)O)C(C)C)C(C)C)[C@H](C)CC)[C@H](C)OC(=O)[C@H](C(C)C)NC1=O. The van der Waals surface area contributed by atoms with Gasteiger partial charge in [-0.3, -0.25) is 62.3 Å². The smallest absolute Gasteiger partial charge is 0.329 e. The molecule has 2 saturated heterocycles. The molecule has 0 aliphatic carbocycles. The molecule has 2 aliphatic heterocycles. The number of esters is 1. The Morgan fingerprint density at radius 2 is 1.19 bits per heavy atom. The van der Waals surface area contributed by atoms with Crippen molar-refractivity contribution in [1.29, 1.82) is 0 Å². The van der Waals surface area contributed by atoms with Gasteiger partial charge in [-0.2, -0.15) is 0 Å². The van der Waals surface area contributed by atoms with E-state index in [-0.39, 0.29) is 63.2 Å². The number of benzene rings is 1. The normalized spacial score (nSPS) is 22.3. The Balaban J connectivity index is 1.64. The number of nitrogens with two attached hydrogens (primary N) is 1. The summed E-state index contributed by atoms with van der Waals surface area (Å²) in [7, 11) is 0. The van der Waals surface area contributed by atoms with E-state index in [0.29, 0.717) is 30.7 Å². The Hall–Kier alpha value is -9.00. The molecule has 0 unspecified atom stereocenters. The third-order valence-corrected chi connectivity index (χ3v) is 20.1. The van der Waals surface area contributed by atoms with E-state index in [1.807, 2.05) is 38.1 Å². The van der Waals surface area contributed by atoms with Crippen LogP contribution in [0.25, 0.3) is 10.9 Å². The predicted octanol–water partition coefficient (Wildman–Crippen LogP) is 2.32. The Labute approximate surface area is 636 Å². The lowest BCUT2D eigenvalue weighted by Crippen LogP contribution is -2.64. The molecule has 0 saturated carbocycles. The van der Waals surface area contributed by atoms with Crippen molar-refractivity contribution < 1.29 is 77.0 Å². The summed E-state index contributed by atoms with van der Waals surface area (Å²) in [5.41, 5.74) is 7.09. The number of cyclic esters (lactones) is 1. The zero-order chi connectivity index (χ0) is 81.3. The van der Waals surface area contributed by atoms with Crippen molar-refractivity contribution >= 4 is 93.7 Å². The van der Waals surface area contributed by atoms with Crippen LogP contribution in [0.2, 0.25) is 0 Å². The van der Waals surface area contributed by atoms with Gasteiger partial charge in [0, 0.05) is 36.5 Å². The molecule has 2 fully saturated rings. The van der Waals surface area contributed by atoms with Crippen LogP contribution in [0.4, 0.5) is 0 Å². The first-order valence-electron chi connectivity index (χ1n) is 38.5. The Bertz CT molecular complexity index is 3480. The van der Waals surface area contributed by atoms with E-state index in [0.717, 1.165) is 17.3 Å². The quantitative estimate of drug-likeness (QED) is 0.0360. The molecule has 16 N–H and O–H groups in total. The Morgan fingerprint density at radius 3 is 1.76 bits per heavy atom. The number of carbonyl (C=O) groups excluding carboxylic acids is 14. The molecule has 108 heavy (non-hydrogen) atoms. The van der Waals surface area contributed by atoms with Gasteiger partial charge in [0.05, 0.1) is 6.10 Å². The third kappa shape index (κ3) is 26.1. The van der Waals surface area contributed by atoms with Crippen molar-refractivity contribution in [2.75, 3.05) is 13.1 Å². The molecular weight excluding hydrogens is 1390 g/mol. The minimum atomic E-state index is -1.83. The number of amides is 13. The highest BCUT2D eigenvalue weighted by Crippen LogP contribution is 2.24. The number of aliphatic hydroxyl groups excluding tert-OH is 1. The van der Waals surface area contributed by atoms with Crippen molar-refractivity contribution in [3.63, 3.8) is 0 Å². The van der Waals surface area contributed by atoms with Crippen LogP contribution in [0.5, 0.6) is 0 Å². The predicted molar refractivity (Wildman–Crippen MR) is 407 cm³/mol. The fraction of sp³-hybridized carbons (Fsp3) is 0.688. The number of ether oxygens (including phenoxy) is 1. The third-order valence-electron chi connectivity index (χ3n) is 20.1. The Morgan fingerprint density at radius 1 is 0.630 bits per heavy atom. The fourth-order valence-electron chi connectivity index (χ4n) is 12.8. The van der Waals surface area contributed by atoms with Gasteiger partial charge >= 0.3 is 5.97 Å². The molecular formula is C77H125N15O16. The summed E-state index contributed by atoms with van der Waals surface area (Å²) in [4.78, 5) is 206. The number of nitrogens with zero attached hydrogens (tertiary/aromatic N) is 1. The summed E-state index contributed by atoms with van der Waals surface area (Å²) < 4.78 is 5.99. The highest BCUT2D eigenvalue weighted by molar-refractivity contribution is 6.03. The number of aromatic amines is 1. The van der Waals surface area contributed by atoms with E-state index in [4.69, 9.17) is 10.5 Å². The standard InChI is InChI=1S/C77H125N15O16/c1-20-44(16)61(88-66(96)52(31-26-34-78)81-68(98)54-32-27-35-92(54)76(106)59(42(12)13)86-71(101)58(41(10)11)85-74(104)63(46(18)93)90-70(100)56(39(6)7)83-55(94)33-25-28-38(4)5)73(103)91-64-47(19)108-77(107)60(43(14)15)87-65(95)50(22-3)80-67(97)53(36-48-37-79-51-30-24-23-29-49(48)51)82-69(99)57(40(8)9)84-72(102)62(45(17)21-2)89-75(64)105/h22-24,29-30,37-47,52-54,56-64,79,93H,20-21,25-28,31-36,78H2,1-19H3,(H,80,97)(H,81,98)(H,82,99)(H,83,94)(H,84,102)(H,85,104)(H,86,101)(H,87,95)(H,88,96)(H,89,105)(H,90,100)(H,91,103)/b50-22-/t44-,45-,46-,47+,52+,53+,54-,56-,57-,58+,59-,60+,61-,62-,63+,64-/m1/s1. The average molecular weight is 1520 g/mol. The van der Waals surface area contributed by atoms with Crippen molar-refractivity contribution in [2.45, 2.75) is 280 Å². The number of carbonyl (C=O) groups is 14. The number of hydrogen-bond donors (Lipinski definition) is 15. The lowest BCUT2D eigenvalue weighted by atomic mass is 9.95. The van der Waals surface area contributed by atoms with Gasteiger partial charge in [-0.25, -0.2) is 4.79 Å². The van der Waals surface area contributed by atoms with E-state index < -0.39 is 203 Å².